The molecule has 0 radical (unpaired) electrons. The standard InChI is InChI=1S/C13H18O4S/c1-10(2)13(14)17-8-9-18(15,16)12-6-4-11(3)5-7-12/h4-7,10H,8-9H2,1-3H3. The number of carbonyl (C=O) groups is 1. The Kier molecular flexibility index (Phi) is 4.90. The van der Waals surface area contributed by atoms with Crippen LogP contribution >= 0.6 is 0 Å². The summed E-state index contributed by atoms with van der Waals surface area (Å²) >= 11 is 0. The van der Waals surface area contributed by atoms with Crippen LogP contribution in [0.25, 0.3) is 0 Å². The zero-order valence-corrected chi connectivity index (χ0v) is 11.7. The van der Waals surface area contributed by atoms with E-state index in [9.17, 15) is 13.2 Å². The molecule has 0 amide bonds. The van der Waals surface area contributed by atoms with Gasteiger partial charge in [-0.05, 0) is 19.1 Å². The summed E-state index contributed by atoms with van der Waals surface area (Å²) in [5, 5.41) is 0. The van der Waals surface area contributed by atoms with Gasteiger partial charge >= 0.3 is 5.97 Å². The Morgan fingerprint density at radius 1 is 1.22 bits per heavy atom. The van der Waals surface area contributed by atoms with Crippen molar-refractivity contribution in [2.45, 2.75) is 25.7 Å². The molecular weight excluding hydrogens is 252 g/mol. The Hall–Kier alpha value is -1.36. The fourth-order valence-electron chi connectivity index (χ4n) is 1.28. The highest BCUT2D eigenvalue weighted by Crippen LogP contribution is 2.12. The molecular formula is C13H18O4S. The van der Waals surface area contributed by atoms with Crippen molar-refractivity contribution in [3.05, 3.63) is 29.8 Å². The molecule has 1 aromatic carbocycles. The number of ether oxygens (including phenoxy) is 1. The largest absolute Gasteiger partial charge is 0.464 e. The van der Waals surface area contributed by atoms with E-state index >= 15 is 0 Å². The summed E-state index contributed by atoms with van der Waals surface area (Å²) < 4.78 is 28.7. The maximum atomic E-state index is 11.9. The fourth-order valence-corrected chi connectivity index (χ4v) is 2.37. The lowest BCUT2D eigenvalue weighted by Crippen LogP contribution is -2.18. The van der Waals surface area contributed by atoms with Crippen molar-refractivity contribution in [1.29, 1.82) is 0 Å². The Morgan fingerprint density at radius 3 is 2.28 bits per heavy atom. The normalized spacial score (nSPS) is 11.6. The molecule has 5 heteroatoms. The molecule has 1 aromatic rings. The number of aryl methyl sites for hydroxylation is 1. The first-order chi connectivity index (χ1) is 8.33. The maximum absolute atomic E-state index is 11.9. The van der Waals surface area contributed by atoms with Gasteiger partial charge in [-0.15, -0.1) is 0 Å². The van der Waals surface area contributed by atoms with E-state index in [1.54, 1.807) is 38.1 Å². The van der Waals surface area contributed by atoms with E-state index in [0.717, 1.165) is 5.56 Å². The van der Waals surface area contributed by atoms with Crippen LogP contribution in [-0.4, -0.2) is 26.7 Å². The first kappa shape index (κ1) is 14.7. The van der Waals surface area contributed by atoms with Gasteiger partial charge in [0.25, 0.3) is 0 Å². The van der Waals surface area contributed by atoms with E-state index in [2.05, 4.69) is 0 Å². The van der Waals surface area contributed by atoms with Crippen LogP contribution in [0.3, 0.4) is 0 Å². The van der Waals surface area contributed by atoms with Gasteiger partial charge < -0.3 is 4.74 Å². The smallest absolute Gasteiger partial charge is 0.308 e. The molecule has 0 atom stereocenters. The van der Waals surface area contributed by atoms with E-state index in [-0.39, 0.29) is 29.1 Å². The van der Waals surface area contributed by atoms with Crippen molar-refractivity contribution in [1.82, 2.24) is 0 Å². The Balaban J connectivity index is 2.61. The van der Waals surface area contributed by atoms with Gasteiger partial charge in [0.05, 0.1) is 16.6 Å². The average molecular weight is 270 g/mol. The molecule has 4 nitrogen and oxygen atoms in total. The van der Waals surface area contributed by atoms with Gasteiger partial charge in [0.2, 0.25) is 0 Å². The lowest BCUT2D eigenvalue weighted by atomic mass is 10.2. The third kappa shape index (κ3) is 4.14. The second-order valence-corrected chi connectivity index (χ2v) is 6.56. The van der Waals surface area contributed by atoms with Gasteiger partial charge in [-0.1, -0.05) is 31.5 Å². The van der Waals surface area contributed by atoms with Crippen LogP contribution in [0.5, 0.6) is 0 Å². The Labute approximate surface area is 108 Å². The predicted molar refractivity (Wildman–Crippen MR) is 69.0 cm³/mol. The van der Waals surface area contributed by atoms with Crippen molar-refractivity contribution >= 4 is 15.8 Å². The van der Waals surface area contributed by atoms with Crippen molar-refractivity contribution in [3.8, 4) is 0 Å². The first-order valence-electron chi connectivity index (χ1n) is 5.79. The maximum Gasteiger partial charge on any atom is 0.308 e. The van der Waals surface area contributed by atoms with Crippen molar-refractivity contribution in [2.24, 2.45) is 5.92 Å². The molecule has 0 N–H and O–H groups in total. The summed E-state index contributed by atoms with van der Waals surface area (Å²) in [6.07, 6.45) is 0. The SMILES string of the molecule is Cc1ccc(S(=O)(=O)CCOC(=O)C(C)C)cc1. The molecule has 0 saturated carbocycles. The molecule has 0 aromatic heterocycles. The fraction of sp³-hybridized carbons (Fsp3) is 0.462. The van der Waals surface area contributed by atoms with Crippen molar-refractivity contribution < 1.29 is 17.9 Å². The van der Waals surface area contributed by atoms with Gasteiger partial charge in [0, 0.05) is 0 Å². The minimum atomic E-state index is -3.38. The number of sulfone groups is 1. The average Bonchev–Trinajstić information content (AvgIpc) is 2.29. The van der Waals surface area contributed by atoms with Gasteiger partial charge in [0.15, 0.2) is 9.84 Å². The van der Waals surface area contributed by atoms with E-state index in [1.807, 2.05) is 6.92 Å². The zero-order valence-electron chi connectivity index (χ0n) is 10.8. The number of hydrogen-bond donors (Lipinski definition) is 0. The van der Waals surface area contributed by atoms with Crippen LogP contribution in [0.15, 0.2) is 29.2 Å². The minimum absolute atomic E-state index is 0.104. The van der Waals surface area contributed by atoms with Crippen LogP contribution in [0.2, 0.25) is 0 Å². The topological polar surface area (TPSA) is 60.4 Å². The number of rotatable bonds is 5. The Morgan fingerprint density at radius 2 is 1.78 bits per heavy atom. The molecule has 18 heavy (non-hydrogen) atoms. The van der Waals surface area contributed by atoms with Gasteiger partial charge in [0.1, 0.15) is 6.61 Å². The summed E-state index contributed by atoms with van der Waals surface area (Å²) in [5.41, 5.74) is 1.00. The van der Waals surface area contributed by atoms with Crippen LogP contribution in [-0.2, 0) is 19.4 Å². The van der Waals surface area contributed by atoms with Crippen LogP contribution in [0.4, 0.5) is 0 Å². The third-order valence-electron chi connectivity index (χ3n) is 2.45. The minimum Gasteiger partial charge on any atom is -0.464 e. The van der Waals surface area contributed by atoms with Gasteiger partial charge in [-0.3, -0.25) is 4.79 Å². The zero-order chi connectivity index (χ0) is 13.8. The Bertz CT molecular complexity index is 500. The summed E-state index contributed by atoms with van der Waals surface area (Å²) in [5.74, 6) is -0.810. The van der Waals surface area contributed by atoms with Crippen LogP contribution in [0.1, 0.15) is 19.4 Å². The van der Waals surface area contributed by atoms with Crippen LogP contribution in [0, 0.1) is 12.8 Å². The monoisotopic (exact) mass is 270 g/mol. The van der Waals surface area contributed by atoms with Crippen molar-refractivity contribution in [2.75, 3.05) is 12.4 Å². The van der Waals surface area contributed by atoms with E-state index in [1.165, 1.54) is 0 Å². The predicted octanol–water partition coefficient (Wildman–Crippen LogP) is 1.97. The lowest BCUT2D eigenvalue weighted by molar-refractivity contribution is -0.146. The number of hydrogen-bond acceptors (Lipinski definition) is 4. The highest BCUT2D eigenvalue weighted by molar-refractivity contribution is 7.91. The molecule has 0 aliphatic rings. The van der Waals surface area contributed by atoms with Gasteiger partial charge in [-0.2, -0.15) is 0 Å². The number of carbonyl (C=O) groups excluding carboxylic acids is 1. The van der Waals surface area contributed by atoms with Crippen molar-refractivity contribution in [3.63, 3.8) is 0 Å². The quantitative estimate of drug-likeness (QED) is 0.767. The summed E-state index contributed by atoms with van der Waals surface area (Å²) in [7, 11) is -3.38. The molecule has 100 valence electrons. The second kappa shape index (κ2) is 6.00. The molecule has 0 aliphatic carbocycles. The van der Waals surface area contributed by atoms with Gasteiger partial charge in [-0.25, -0.2) is 8.42 Å². The molecule has 0 fully saturated rings. The highest BCUT2D eigenvalue weighted by atomic mass is 32.2. The van der Waals surface area contributed by atoms with Crippen LogP contribution < -0.4 is 0 Å². The number of esters is 1. The number of benzene rings is 1. The third-order valence-corrected chi connectivity index (χ3v) is 4.14. The highest BCUT2D eigenvalue weighted by Gasteiger charge is 2.16. The summed E-state index contributed by atoms with van der Waals surface area (Å²) in [6.45, 7) is 5.20. The van der Waals surface area contributed by atoms with E-state index in [4.69, 9.17) is 4.74 Å². The first-order valence-corrected chi connectivity index (χ1v) is 7.44. The lowest BCUT2D eigenvalue weighted by Gasteiger charge is -2.08. The summed E-state index contributed by atoms with van der Waals surface area (Å²) in [6, 6.07) is 6.61. The molecule has 0 spiro atoms. The molecule has 0 saturated heterocycles. The molecule has 0 aliphatic heterocycles. The second-order valence-electron chi connectivity index (χ2n) is 4.45. The van der Waals surface area contributed by atoms with E-state index < -0.39 is 9.84 Å². The summed E-state index contributed by atoms with van der Waals surface area (Å²) in [4.78, 5) is 11.5. The molecule has 0 heterocycles. The molecule has 0 bridgehead atoms. The van der Waals surface area contributed by atoms with E-state index in [0.29, 0.717) is 0 Å². The molecule has 0 unspecified atom stereocenters. The molecule has 1 rings (SSSR count).